The van der Waals surface area contributed by atoms with Crippen LogP contribution in [0.3, 0.4) is 0 Å². The fourth-order valence-electron chi connectivity index (χ4n) is 4.27. The number of piperidine rings is 1. The minimum Gasteiger partial charge on any atom is -0.488 e. The predicted octanol–water partition coefficient (Wildman–Crippen LogP) is 5.09. The third-order valence-corrected chi connectivity index (χ3v) is 6.92. The molecule has 3 N–H and O–H groups in total. The van der Waals surface area contributed by atoms with Crippen LogP contribution in [0.4, 0.5) is 5.69 Å². The Hall–Kier alpha value is -2.71. The third kappa shape index (κ3) is 7.90. The van der Waals surface area contributed by atoms with E-state index in [1.165, 1.54) is 5.56 Å². The Kier molecular flexibility index (Phi) is 9.15. The van der Waals surface area contributed by atoms with E-state index in [4.69, 9.17) is 4.74 Å². The zero-order valence-corrected chi connectivity index (χ0v) is 22.2. The van der Waals surface area contributed by atoms with Crippen LogP contribution < -0.4 is 15.4 Å². The summed E-state index contributed by atoms with van der Waals surface area (Å²) < 4.78 is 7.06. The van der Waals surface area contributed by atoms with Crippen molar-refractivity contribution in [2.45, 2.75) is 38.0 Å². The van der Waals surface area contributed by atoms with Gasteiger partial charge in [-0.15, -0.1) is 0 Å². The van der Waals surface area contributed by atoms with Crippen LogP contribution in [0.15, 0.2) is 83.3 Å². The highest BCUT2D eigenvalue weighted by molar-refractivity contribution is 9.10. The van der Waals surface area contributed by atoms with Crippen molar-refractivity contribution in [2.75, 3.05) is 31.6 Å². The largest absolute Gasteiger partial charge is 0.488 e. The number of anilines is 1. The summed E-state index contributed by atoms with van der Waals surface area (Å²) in [5.41, 5.74) is 1.43. The second kappa shape index (κ2) is 12.5. The fourth-order valence-corrected chi connectivity index (χ4v) is 4.54. The number of likely N-dealkylation sites (tertiary alicyclic amines) is 1. The van der Waals surface area contributed by atoms with Gasteiger partial charge in [-0.2, -0.15) is 0 Å². The zero-order chi connectivity index (χ0) is 25.4. The van der Waals surface area contributed by atoms with E-state index in [1.54, 1.807) is 31.2 Å². The maximum Gasteiger partial charge on any atom is 0.255 e. The van der Waals surface area contributed by atoms with Crippen molar-refractivity contribution in [3.8, 4) is 5.75 Å². The summed E-state index contributed by atoms with van der Waals surface area (Å²) in [6.45, 7) is 5.34. The van der Waals surface area contributed by atoms with Gasteiger partial charge in [-0.1, -0.05) is 58.4 Å². The molecule has 3 aromatic carbocycles. The number of halogens is 1. The molecular formula is C29H34BrN3O3. The molecule has 0 saturated carbocycles. The number of ether oxygens (including phenoxy) is 1. The first kappa shape index (κ1) is 26.4. The lowest BCUT2D eigenvalue weighted by atomic mass is 10.0. The maximum absolute atomic E-state index is 12.6. The van der Waals surface area contributed by atoms with E-state index in [2.05, 4.69) is 55.7 Å². The van der Waals surface area contributed by atoms with Crippen LogP contribution in [0, 0.1) is 0 Å². The quantitative estimate of drug-likeness (QED) is 0.327. The van der Waals surface area contributed by atoms with Gasteiger partial charge in [0, 0.05) is 29.2 Å². The molecule has 6 nitrogen and oxygen atoms in total. The summed E-state index contributed by atoms with van der Waals surface area (Å²) in [4.78, 5) is 15.0. The molecule has 1 heterocycles. The van der Waals surface area contributed by atoms with Gasteiger partial charge in [0.25, 0.3) is 5.91 Å². The second-order valence-electron chi connectivity index (χ2n) is 9.66. The first-order valence-electron chi connectivity index (χ1n) is 12.4. The van der Waals surface area contributed by atoms with Crippen LogP contribution in [0.25, 0.3) is 0 Å². The number of carbonyl (C=O) groups is 1. The molecule has 4 rings (SSSR count). The summed E-state index contributed by atoms with van der Waals surface area (Å²) in [7, 11) is 0. The lowest BCUT2D eigenvalue weighted by Crippen LogP contribution is -2.49. The van der Waals surface area contributed by atoms with Crippen molar-refractivity contribution in [2.24, 2.45) is 0 Å². The molecule has 3 aromatic rings. The Balaban J connectivity index is 1.22. The minimum atomic E-state index is -1.05. The first-order chi connectivity index (χ1) is 17.4. The molecule has 1 aliphatic rings. The van der Waals surface area contributed by atoms with Crippen molar-refractivity contribution < 1.29 is 14.6 Å². The molecular weight excluding hydrogens is 518 g/mol. The monoisotopic (exact) mass is 551 g/mol. The molecule has 0 radical (unpaired) electrons. The molecule has 1 unspecified atom stereocenters. The highest BCUT2D eigenvalue weighted by Crippen LogP contribution is 2.25. The number of hydrogen-bond donors (Lipinski definition) is 3. The molecule has 1 saturated heterocycles. The average molecular weight is 553 g/mol. The Labute approximate surface area is 221 Å². The van der Waals surface area contributed by atoms with E-state index in [0.717, 1.165) is 36.9 Å². The lowest BCUT2D eigenvalue weighted by Gasteiger charge is -2.34. The van der Waals surface area contributed by atoms with Crippen LogP contribution in [-0.2, 0) is 6.54 Å². The van der Waals surface area contributed by atoms with Gasteiger partial charge in [-0.25, -0.2) is 0 Å². The van der Waals surface area contributed by atoms with Gasteiger partial charge >= 0.3 is 0 Å². The third-order valence-electron chi connectivity index (χ3n) is 6.39. The Bertz CT molecular complexity index is 1110. The van der Waals surface area contributed by atoms with Crippen molar-refractivity contribution in [1.29, 1.82) is 0 Å². The van der Waals surface area contributed by atoms with Crippen molar-refractivity contribution >= 4 is 27.5 Å². The van der Waals surface area contributed by atoms with E-state index in [9.17, 15) is 9.90 Å². The fraction of sp³-hybridized carbons (Fsp3) is 0.345. The number of nitrogens with zero attached hydrogens (tertiary/aromatic N) is 1. The molecule has 0 aromatic heterocycles. The molecule has 190 valence electrons. The van der Waals surface area contributed by atoms with E-state index in [1.807, 2.05) is 30.3 Å². The Morgan fingerprint density at radius 3 is 2.42 bits per heavy atom. The van der Waals surface area contributed by atoms with E-state index in [0.29, 0.717) is 29.6 Å². The molecule has 0 bridgehead atoms. The van der Waals surface area contributed by atoms with Crippen molar-refractivity contribution in [3.63, 3.8) is 0 Å². The van der Waals surface area contributed by atoms with Crippen LogP contribution in [-0.4, -0.2) is 53.8 Å². The van der Waals surface area contributed by atoms with Gasteiger partial charge in [0.2, 0.25) is 0 Å². The molecule has 1 aliphatic heterocycles. The number of benzene rings is 3. The van der Waals surface area contributed by atoms with Gasteiger partial charge in [0.05, 0.1) is 5.69 Å². The molecule has 0 spiro atoms. The van der Waals surface area contributed by atoms with E-state index >= 15 is 0 Å². The minimum absolute atomic E-state index is 0.112. The lowest BCUT2D eigenvalue weighted by molar-refractivity contribution is 0.00838. The molecule has 1 fully saturated rings. The van der Waals surface area contributed by atoms with Gasteiger partial charge in [-0.05, 0) is 74.8 Å². The summed E-state index contributed by atoms with van der Waals surface area (Å²) in [5, 5.41) is 17.4. The van der Waals surface area contributed by atoms with Gasteiger partial charge in [0.1, 0.15) is 18.0 Å². The van der Waals surface area contributed by atoms with Crippen molar-refractivity contribution in [1.82, 2.24) is 10.2 Å². The predicted molar refractivity (Wildman–Crippen MR) is 147 cm³/mol. The number of para-hydroxylation sites is 2. The summed E-state index contributed by atoms with van der Waals surface area (Å²) in [5.74, 6) is 0.329. The number of aliphatic hydroxyl groups is 1. The van der Waals surface area contributed by atoms with Gasteiger partial charge < -0.3 is 20.5 Å². The Morgan fingerprint density at radius 1 is 1.03 bits per heavy atom. The highest BCUT2D eigenvalue weighted by atomic mass is 79.9. The van der Waals surface area contributed by atoms with Gasteiger partial charge in [-0.3, -0.25) is 9.69 Å². The molecule has 7 heteroatoms. The van der Waals surface area contributed by atoms with Crippen LogP contribution in [0.2, 0.25) is 0 Å². The molecule has 1 amide bonds. The number of carbonyl (C=O) groups excluding carboxylic acids is 1. The standard InChI is InChI=1S/C29H34BrN3O3/c1-29(35,20-31-25-15-17-33(18-16-25)19-22-11-13-24(30)14-12-22)21-36-27-10-6-5-9-26(27)32-28(34)23-7-3-2-4-8-23/h2-14,25,31,35H,15-21H2,1H3,(H,32,34). The van der Waals surface area contributed by atoms with Crippen LogP contribution >= 0.6 is 15.9 Å². The number of hydrogen-bond acceptors (Lipinski definition) is 5. The second-order valence-corrected chi connectivity index (χ2v) is 10.6. The smallest absolute Gasteiger partial charge is 0.255 e. The number of amides is 1. The molecule has 0 aliphatic carbocycles. The van der Waals surface area contributed by atoms with E-state index in [-0.39, 0.29) is 12.5 Å². The van der Waals surface area contributed by atoms with Gasteiger partial charge in [0.15, 0.2) is 0 Å². The topological polar surface area (TPSA) is 73.8 Å². The summed E-state index contributed by atoms with van der Waals surface area (Å²) in [6, 6.07) is 25.2. The number of nitrogens with one attached hydrogen (secondary N) is 2. The van der Waals surface area contributed by atoms with Crippen LogP contribution in [0.1, 0.15) is 35.7 Å². The average Bonchev–Trinajstić information content (AvgIpc) is 2.90. The zero-order valence-electron chi connectivity index (χ0n) is 20.6. The summed E-state index contributed by atoms with van der Waals surface area (Å²) in [6.07, 6.45) is 2.09. The highest BCUT2D eigenvalue weighted by Gasteiger charge is 2.26. The summed E-state index contributed by atoms with van der Waals surface area (Å²) >= 11 is 3.49. The van der Waals surface area contributed by atoms with E-state index < -0.39 is 5.60 Å². The van der Waals surface area contributed by atoms with Crippen LogP contribution in [0.5, 0.6) is 5.75 Å². The number of rotatable bonds is 10. The molecule has 1 atom stereocenters. The normalized spacial score (nSPS) is 16.3. The van der Waals surface area contributed by atoms with Crippen molar-refractivity contribution in [3.05, 3.63) is 94.5 Å². The SMILES string of the molecule is CC(O)(CNC1CCN(Cc2ccc(Br)cc2)CC1)COc1ccccc1NC(=O)c1ccccc1. The Morgan fingerprint density at radius 2 is 1.69 bits per heavy atom. The maximum atomic E-state index is 12.6. The first-order valence-corrected chi connectivity index (χ1v) is 13.2. The molecule has 36 heavy (non-hydrogen) atoms.